The van der Waals surface area contributed by atoms with E-state index in [0.717, 1.165) is 0 Å². The molecule has 2 atom stereocenters. The van der Waals surface area contributed by atoms with E-state index in [1.807, 2.05) is 0 Å². The molecule has 1 aliphatic heterocycles. The molecule has 0 aromatic heterocycles. The average Bonchev–Trinajstić information content (AvgIpc) is 2.28. The summed E-state index contributed by atoms with van der Waals surface area (Å²) >= 11 is 11.5. The number of hydrogen-bond donors (Lipinski definition) is 1. The van der Waals surface area contributed by atoms with Gasteiger partial charge in [-0.1, -0.05) is 20.8 Å². The third-order valence-electron chi connectivity index (χ3n) is 3.27. The molecule has 1 heterocycles. The van der Waals surface area contributed by atoms with Crippen LogP contribution < -0.4 is 5.09 Å². The van der Waals surface area contributed by atoms with Crippen molar-refractivity contribution in [3.8, 4) is 0 Å². The van der Waals surface area contributed by atoms with Crippen molar-refractivity contribution in [1.29, 1.82) is 0 Å². The highest BCUT2D eigenvalue weighted by molar-refractivity contribution is 7.54. The zero-order valence-corrected chi connectivity index (χ0v) is 13.7. The number of nitrogens with zero attached hydrogens (tertiary/aromatic N) is 1. The Labute approximate surface area is 120 Å². The van der Waals surface area contributed by atoms with Crippen LogP contribution in [0.1, 0.15) is 20.8 Å². The molecule has 0 aliphatic carbocycles. The number of rotatable bonds is 5. The Bertz CT molecular complexity index is 292. The van der Waals surface area contributed by atoms with Crippen LogP contribution in [-0.2, 0) is 9.09 Å². The lowest BCUT2D eigenvalue weighted by Gasteiger charge is -2.40. The van der Waals surface area contributed by atoms with Crippen molar-refractivity contribution in [2.45, 2.75) is 20.8 Å². The maximum atomic E-state index is 12.7. The normalized spacial score (nSPS) is 29.8. The summed E-state index contributed by atoms with van der Waals surface area (Å²) in [5.41, 5.74) is 0.141. The molecule has 1 rings (SSSR count). The van der Waals surface area contributed by atoms with Gasteiger partial charge in [-0.05, 0) is 5.41 Å². The lowest BCUT2D eigenvalue weighted by atomic mass is 9.81. The summed E-state index contributed by atoms with van der Waals surface area (Å²) in [6.07, 6.45) is 0. The van der Waals surface area contributed by atoms with Gasteiger partial charge in [0.1, 0.15) is 0 Å². The Balaban J connectivity index is 2.64. The molecule has 0 spiro atoms. The zero-order chi connectivity index (χ0) is 13.8. The van der Waals surface area contributed by atoms with Gasteiger partial charge in [0, 0.05) is 37.3 Å². The molecule has 4 nitrogen and oxygen atoms in total. The molecule has 0 saturated carbocycles. The van der Waals surface area contributed by atoms with Crippen LogP contribution in [0.15, 0.2) is 0 Å². The van der Waals surface area contributed by atoms with E-state index in [9.17, 15) is 4.57 Å². The molecule has 0 aromatic carbocycles. The third kappa shape index (κ3) is 4.36. The van der Waals surface area contributed by atoms with Crippen molar-refractivity contribution < 1.29 is 9.09 Å². The minimum absolute atomic E-state index is 0.141. The second kappa shape index (κ2) is 6.92. The molecular weight excluding hydrogens is 294 g/mol. The second-order valence-corrected chi connectivity index (χ2v) is 8.51. The molecule has 1 N–H and O–H groups in total. The number of nitrogens with one attached hydrogen (secondary N) is 1. The fourth-order valence-corrected chi connectivity index (χ4v) is 4.49. The van der Waals surface area contributed by atoms with Crippen LogP contribution >= 0.6 is 30.9 Å². The SMILES string of the molecule is CC(C)(C)[C@H]1CN[P@](=O)(N(CCCl)CCCl)OC1. The molecule has 1 aliphatic rings. The fourth-order valence-electron chi connectivity index (χ4n) is 1.83. The van der Waals surface area contributed by atoms with E-state index in [1.54, 1.807) is 4.67 Å². The maximum absolute atomic E-state index is 12.7. The fraction of sp³-hybridized carbons (Fsp3) is 1.00. The van der Waals surface area contributed by atoms with Crippen LogP contribution in [0.2, 0.25) is 0 Å². The van der Waals surface area contributed by atoms with Crippen LogP contribution in [0.5, 0.6) is 0 Å². The highest BCUT2D eigenvalue weighted by Crippen LogP contribution is 2.50. The van der Waals surface area contributed by atoms with Gasteiger partial charge in [-0.3, -0.25) is 4.57 Å². The van der Waals surface area contributed by atoms with Crippen LogP contribution in [0, 0.1) is 11.3 Å². The minimum Gasteiger partial charge on any atom is -0.306 e. The summed E-state index contributed by atoms with van der Waals surface area (Å²) in [5, 5.41) is 3.06. The van der Waals surface area contributed by atoms with Gasteiger partial charge in [-0.2, -0.15) is 0 Å². The molecular formula is C11H23Cl2N2O2P. The predicted octanol–water partition coefficient (Wildman–Crippen LogP) is 3.16. The van der Waals surface area contributed by atoms with E-state index in [0.29, 0.717) is 43.9 Å². The van der Waals surface area contributed by atoms with Gasteiger partial charge in [-0.25, -0.2) is 9.76 Å². The largest absolute Gasteiger partial charge is 0.343 e. The van der Waals surface area contributed by atoms with Crippen molar-refractivity contribution in [2.24, 2.45) is 11.3 Å². The second-order valence-electron chi connectivity index (χ2n) is 5.57. The number of alkyl halides is 2. The van der Waals surface area contributed by atoms with Gasteiger partial charge >= 0.3 is 7.67 Å². The molecule has 0 unspecified atom stereocenters. The van der Waals surface area contributed by atoms with E-state index in [4.69, 9.17) is 27.7 Å². The molecule has 0 amide bonds. The van der Waals surface area contributed by atoms with E-state index >= 15 is 0 Å². The summed E-state index contributed by atoms with van der Waals surface area (Å²) in [6, 6.07) is 0. The molecule has 0 radical (unpaired) electrons. The van der Waals surface area contributed by atoms with Gasteiger partial charge in [0.2, 0.25) is 0 Å². The monoisotopic (exact) mass is 316 g/mol. The first kappa shape index (κ1) is 16.7. The van der Waals surface area contributed by atoms with E-state index < -0.39 is 7.67 Å². The summed E-state index contributed by atoms with van der Waals surface area (Å²) in [7, 11) is -2.95. The third-order valence-corrected chi connectivity index (χ3v) is 5.83. The maximum Gasteiger partial charge on any atom is 0.343 e. The lowest BCUT2D eigenvalue weighted by molar-refractivity contribution is 0.113. The van der Waals surface area contributed by atoms with Crippen molar-refractivity contribution in [3.05, 3.63) is 0 Å². The van der Waals surface area contributed by atoms with Crippen molar-refractivity contribution >= 4 is 30.9 Å². The Morgan fingerprint density at radius 1 is 1.33 bits per heavy atom. The van der Waals surface area contributed by atoms with Crippen LogP contribution in [0.4, 0.5) is 0 Å². The molecule has 1 saturated heterocycles. The van der Waals surface area contributed by atoms with Gasteiger partial charge in [-0.15, -0.1) is 23.2 Å². The highest BCUT2D eigenvalue weighted by atomic mass is 35.5. The Hall–Kier alpha value is 0.690. The average molecular weight is 317 g/mol. The molecule has 0 bridgehead atoms. The first-order valence-corrected chi connectivity index (χ1v) is 8.85. The lowest BCUT2D eigenvalue weighted by Crippen LogP contribution is -2.43. The first-order chi connectivity index (χ1) is 8.33. The molecule has 7 heteroatoms. The Morgan fingerprint density at radius 2 is 1.89 bits per heavy atom. The molecule has 0 aromatic rings. The molecule has 1 fully saturated rings. The quantitative estimate of drug-likeness (QED) is 0.625. The van der Waals surface area contributed by atoms with Gasteiger partial charge in [0.25, 0.3) is 0 Å². The summed E-state index contributed by atoms with van der Waals surface area (Å²) in [5.74, 6) is 1.18. The van der Waals surface area contributed by atoms with Crippen LogP contribution in [0.3, 0.4) is 0 Å². The standard InChI is InChI=1S/C11H23Cl2N2O2P/c1-11(2,3)10-8-14-18(16,17-9-10)15(6-4-12)7-5-13/h10H,4-9H2,1-3H3,(H,14,16)/t10-,18+/m0/s1. The van der Waals surface area contributed by atoms with E-state index in [2.05, 4.69) is 25.9 Å². The summed E-state index contributed by atoms with van der Waals surface area (Å²) in [6.45, 7) is 8.71. The first-order valence-electron chi connectivity index (χ1n) is 6.20. The van der Waals surface area contributed by atoms with Crippen LogP contribution in [-0.4, -0.2) is 42.7 Å². The summed E-state index contributed by atoms with van der Waals surface area (Å²) in [4.78, 5) is 0. The van der Waals surface area contributed by atoms with Crippen LogP contribution in [0.25, 0.3) is 0 Å². The molecule has 18 heavy (non-hydrogen) atoms. The van der Waals surface area contributed by atoms with Crippen molar-refractivity contribution in [1.82, 2.24) is 9.76 Å². The zero-order valence-electron chi connectivity index (χ0n) is 11.3. The van der Waals surface area contributed by atoms with Crippen molar-refractivity contribution in [3.63, 3.8) is 0 Å². The van der Waals surface area contributed by atoms with Gasteiger partial charge in [0.15, 0.2) is 0 Å². The van der Waals surface area contributed by atoms with Gasteiger partial charge in [0.05, 0.1) is 6.61 Å². The summed E-state index contributed by atoms with van der Waals surface area (Å²) < 4.78 is 20.0. The van der Waals surface area contributed by atoms with E-state index in [1.165, 1.54) is 0 Å². The number of halogens is 2. The molecule has 108 valence electrons. The van der Waals surface area contributed by atoms with Gasteiger partial charge < -0.3 is 4.52 Å². The Morgan fingerprint density at radius 3 is 2.22 bits per heavy atom. The minimum atomic E-state index is -2.95. The highest BCUT2D eigenvalue weighted by Gasteiger charge is 2.39. The Kier molecular flexibility index (Phi) is 6.43. The number of hydrogen-bond acceptors (Lipinski definition) is 2. The van der Waals surface area contributed by atoms with Crippen molar-refractivity contribution in [2.75, 3.05) is 38.0 Å². The smallest absolute Gasteiger partial charge is 0.306 e. The predicted molar refractivity (Wildman–Crippen MR) is 77.5 cm³/mol. The topological polar surface area (TPSA) is 41.6 Å². The van der Waals surface area contributed by atoms with E-state index in [-0.39, 0.29) is 5.41 Å².